The van der Waals surface area contributed by atoms with Crippen molar-refractivity contribution in [3.05, 3.63) is 59.1 Å². The number of nitrogens with zero attached hydrogens (tertiary/aromatic N) is 2. The van der Waals surface area contributed by atoms with Gasteiger partial charge in [0.25, 0.3) is 5.91 Å². The fourth-order valence-corrected chi connectivity index (χ4v) is 2.42. The van der Waals surface area contributed by atoms with Gasteiger partial charge in [-0.25, -0.2) is 0 Å². The summed E-state index contributed by atoms with van der Waals surface area (Å²) in [5.41, 5.74) is 3.78. The fourth-order valence-electron chi connectivity index (χ4n) is 2.42. The third-order valence-electron chi connectivity index (χ3n) is 3.75. The smallest absolute Gasteiger partial charge is 0.269 e. The van der Waals surface area contributed by atoms with Gasteiger partial charge < -0.3 is 9.84 Å². The van der Waals surface area contributed by atoms with Gasteiger partial charge in [-0.2, -0.15) is 5.10 Å². The Morgan fingerprint density at radius 3 is 2.84 bits per heavy atom. The average Bonchev–Trinajstić information content (AvgIpc) is 3.25. The van der Waals surface area contributed by atoms with Gasteiger partial charge >= 0.3 is 0 Å². The maximum atomic E-state index is 11.9. The van der Waals surface area contributed by atoms with Crippen molar-refractivity contribution in [2.24, 2.45) is 0 Å². The van der Waals surface area contributed by atoms with E-state index in [4.69, 9.17) is 4.52 Å². The molecular formula is C19H20N4O2. The highest BCUT2D eigenvalue weighted by Gasteiger charge is 2.12. The molecule has 128 valence electrons. The molecule has 3 rings (SSSR count). The molecule has 6 nitrogen and oxygen atoms in total. The number of nitrogens with one attached hydrogen (secondary N) is 2. The summed E-state index contributed by atoms with van der Waals surface area (Å²) in [6.45, 7) is 4.52. The van der Waals surface area contributed by atoms with Crippen LogP contribution in [-0.4, -0.2) is 27.8 Å². The summed E-state index contributed by atoms with van der Waals surface area (Å²) >= 11 is 0. The molecule has 0 aliphatic rings. The molecule has 25 heavy (non-hydrogen) atoms. The van der Waals surface area contributed by atoms with E-state index in [-0.39, 0.29) is 5.91 Å². The zero-order chi connectivity index (χ0) is 17.6. The molecule has 1 amide bonds. The van der Waals surface area contributed by atoms with Gasteiger partial charge in [0.2, 0.25) is 0 Å². The Morgan fingerprint density at radius 2 is 2.08 bits per heavy atom. The van der Waals surface area contributed by atoms with Crippen molar-refractivity contribution in [2.75, 3.05) is 6.54 Å². The number of carbonyl (C=O) groups is 1. The Labute approximate surface area is 145 Å². The van der Waals surface area contributed by atoms with Crippen LogP contribution in [0.4, 0.5) is 0 Å². The predicted octanol–water partition coefficient (Wildman–Crippen LogP) is 3.68. The average molecular weight is 336 g/mol. The summed E-state index contributed by atoms with van der Waals surface area (Å²) in [5, 5.41) is 13.9. The maximum absolute atomic E-state index is 11.9. The van der Waals surface area contributed by atoms with E-state index in [1.165, 1.54) is 0 Å². The van der Waals surface area contributed by atoms with E-state index < -0.39 is 0 Å². The monoisotopic (exact) mass is 336 g/mol. The van der Waals surface area contributed by atoms with Crippen molar-refractivity contribution in [3.8, 4) is 11.3 Å². The van der Waals surface area contributed by atoms with Gasteiger partial charge in [0.05, 0.1) is 5.69 Å². The normalized spacial score (nSPS) is 11.1. The maximum Gasteiger partial charge on any atom is 0.269 e. The first kappa shape index (κ1) is 16.7. The zero-order valence-corrected chi connectivity index (χ0v) is 14.2. The minimum atomic E-state index is -0.153. The van der Waals surface area contributed by atoms with Crippen LogP contribution in [0.1, 0.15) is 40.9 Å². The summed E-state index contributed by atoms with van der Waals surface area (Å²) in [6.07, 6.45) is 4.62. The number of amides is 1. The van der Waals surface area contributed by atoms with Crippen LogP contribution in [0.2, 0.25) is 0 Å². The topological polar surface area (TPSA) is 83.8 Å². The van der Waals surface area contributed by atoms with Gasteiger partial charge in [0.15, 0.2) is 0 Å². The van der Waals surface area contributed by atoms with Crippen molar-refractivity contribution in [3.63, 3.8) is 0 Å². The molecule has 2 heterocycles. The molecule has 0 radical (unpaired) electrons. The molecule has 0 aliphatic carbocycles. The van der Waals surface area contributed by atoms with E-state index in [1.807, 2.05) is 56.3 Å². The summed E-state index contributed by atoms with van der Waals surface area (Å²) in [4.78, 5) is 11.9. The molecule has 0 aliphatic heterocycles. The highest BCUT2D eigenvalue weighted by Crippen LogP contribution is 2.26. The highest BCUT2D eigenvalue weighted by atomic mass is 16.5. The molecule has 0 bridgehead atoms. The van der Waals surface area contributed by atoms with Gasteiger partial charge in [0, 0.05) is 17.7 Å². The Balaban J connectivity index is 1.81. The van der Waals surface area contributed by atoms with Crippen LogP contribution < -0.4 is 5.32 Å². The van der Waals surface area contributed by atoms with Gasteiger partial charge in [-0.1, -0.05) is 42.4 Å². The first-order valence-electron chi connectivity index (χ1n) is 8.22. The lowest BCUT2D eigenvalue weighted by atomic mass is 10.1. The molecule has 0 saturated carbocycles. The van der Waals surface area contributed by atoms with Crippen LogP contribution in [0.3, 0.4) is 0 Å². The molecule has 0 fully saturated rings. The number of H-pyrrole nitrogens is 1. The molecule has 2 N–H and O–H groups in total. The van der Waals surface area contributed by atoms with Crippen LogP contribution in [0, 0.1) is 6.92 Å². The molecule has 0 unspecified atom stereocenters. The van der Waals surface area contributed by atoms with Crippen LogP contribution in [-0.2, 0) is 0 Å². The van der Waals surface area contributed by atoms with E-state index in [0.29, 0.717) is 17.9 Å². The second-order valence-corrected chi connectivity index (χ2v) is 5.66. The van der Waals surface area contributed by atoms with E-state index >= 15 is 0 Å². The second kappa shape index (κ2) is 7.61. The third-order valence-corrected chi connectivity index (χ3v) is 3.75. The minimum absolute atomic E-state index is 0.153. The zero-order valence-electron chi connectivity index (χ0n) is 14.2. The Hall–Kier alpha value is -3.15. The number of aromatic nitrogens is 3. The molecule has 0 atom stereocenters. The predicted molar refractivity (Wildman–Crippen MR) is 96.8 cm³/mol. The van der Waals surface area contributed by atoms with Crippen molar-refractivity contribution in [1.29, 1.82) is 0 Å². The lowest BCUT2D eigenvalue weighted by Gasteiger charge is -1.98. The number of benzene rings is 1. The van der Waals surface area contributed by atoms with Gasteiger partial charge in [-0.15, -0.1) is 0 Å². The van der Waals surface area contributed by atoms with Gasteiger partial charge in [0.1, 0.15) is 17.1 Å². The number of hydrogen-bond donors (Lipinski definition) is 2. The number of carbonyl (C=O) groups excluding carboxylic acids is 1. The summed E-state index contributed by atoms with van der Waals surface area (Å²) in [7, 11) is 0. The first-order valence-corrected chi connectivity index (χ1v) is 8.22. The van der Waals surface area contributed by atoms with Crippen molar-refractivity contribution >= 4 is 18.1 Å². The second-order valence-electron chi connectivity index (χ2n) is 5.66. The fraction of sp³-hybridized carbons (Fsp3) is 0.211. The lowest BCUT2D eigenvalue weighted by molar-refractivity contribution is 0.0948. The van der Waals surface area contributed by atoms with E-state index in [0.717, 1.165) is 29.0 Å². The highest BCUT2D eigenvalue weighted by molar-refractivity contribution is 5.93. The van der Waals surface area contributed by atoms with Crippen LogP contribution >= 0.6 is 0 Å². The largest absolute Gasteiger partial charge is 0.360 e. The Bertz CT molecular complexity index is 878. The minimum Gasteiger partial charge on any atom is -0.360 e. The molecule has 6 heteroatoms. The number of aromatic amines is 1. The quantitative estimate of drug-likeness (QED) is 0.719. The number of rotatable bonds is 6. The van der Waals surface area contributed by atoms with Crippen molar-refractivity contribution in [2.45, 2.75) is 20.3 Å². The molecule has 1 aromatic carbocycles. The molecule has 3 aromatic rings. The van der Waals surface area contributed by atoms with Crippen molar-refractivity contribution < 1.29 is 9.32 Å². The van der Waals surface area contributed by atoms with Crippen LogP contribution in [0.25, 0.3) is 23.4 Å². The van der Waals surface area contributed by atoms with E-state index in [2.05, 4.69) is 20.7 Å². The number of hydrogen-bond acceptors (Lipinski definition) is 4. The van der Waals surface area contributed by atoms with E-state index in [1.54, 1.807) is 6.07 Å². The SMILES string of the molecule is CCCNC(=O)c1cc(C=Cc2c(-c3ccccc3)noc2C)n[nH]1. The first-order chi connectivity index (χ1) is 12.2. The standard InChI is InChI=1S/C19H20N4O2/c1-3-11-20-19(24)17-12-15(21-22-17)9-10-16-13(2)25-23-18(16)14-7-5-4-6-8-14/h4-10,12H,3,11H2,1-2H3,(H,20,24)(H,21,22). The number of aryl methyl sites for hydroxylation is 1. The molecular weight excluding hydrogens is 316 g/mol. The van der Waals surface area contributed by atoms with Crippen LogP contribution in [0.15, 0.2) is 40.9 Å². The summed E-state index contributed by atoms with van der Waals surface area (Å²) in [5.74, 6) is 0.576. The Morgan fingerprint density at radius 1 is 1.28 bits per heavy atom. The van der Waals surface area contributed by atoms with Gasteiger partial charge in [-0.05, 0) is 31.6 Å². The third kappa shape index (κ3) is 3.85. The van der Waals surface area contributed by atoms with Crippen LogP contribution in [0.5, 0.6) is 0 Å². The molecule has 2 aromatic heterocycles. The van der Waals surface area contributed by atoms with E-state index in [9.17, 15) is 4.79 Å². The molecule has 0 spiro atoms. The summed E-state index contributed by atoms with van der Waals surface area (Å²) < 4.78 is 5.33. The Kier molecular flexibility index (Phi) is 5.09. The van der Waals surface area contributed by atoms with Gasteiger partial charge in [-0.3, -0.25) is 9.89 Å². The lowest BCUT2D eigenvalue weighted by Crippen LogP contribution is -2.24. The van der Waals surface area contributed by atoms with Crippen molar-refractivity contribution in [1.82, 2.24) is 20.7 Å². The molecule has 0 saturated heterocycles. The summed E-state index contributed by atoms with van der Waals surface area (Å²) in [6, 6.07) is 11.6.